The Bertz CT molecular complexity index is 1280. The Morgan fingerprint density at radius 3 is 2.50 bits per heavy atom. The molecule has 0 saturated carbocycles. The summed E-state index contributed by atoms with van der Waals surface area (Å²) in [5.74, 6) is -1.22. The molecule has 212 valence electrons. The van der Waals surface area contributed by atoms with E-state index >= 15 is 0 Å². The Labute approximate surface area is 233 Å². The zero-order valence-corrected chi connectivity index (χ0v) is 22.6. The van der Waals surface area contributed by atoms with E-state index in [1.807, 2.05) is 6.92 Å². The lowest BCUT2D eigenvalue weighted by Crippen LogP contribution is -2.38. The standard InChI is InChI=1S/C30H35N3O7/c1-3-15-39-24-10-7-22(18-20(24)2)28(35)26-27(21-5-8-23(9-6-21)40-19-25(31)34)33(30(37)29(26)36)12-4-11-32-13-16-38-17-14-32/h3,5-10,18,27,35H,1,4,11-17,19H2,2H3,(H2,31,34)/b28-26+. The molecule has 2 aliphatic rings. The van der Waals surface area contributed by atoms with E-state index < -0.39 is 23.6 Å². The van der Waals surface area contributed by atoms with Gasteiger partial charge < -0.3 is 30.0 Å². The van der Waals surface area contributed by atoms with Crippen LogP contribution < -0.4 is 15.2 Å². The summed E-state index contributed by atoms with van der Waals surface area (Å²) >= 11 is 0. The first-order chi connectivity index (χ1) is 19.3. The van der Waals surface area contributed by atoms with Crippen molar-refractivity contribution in [1.29, 1.82) is 0 Å². The third-order valence-electron chi connectivity index (χ3n) is 6.90. The van der Waals surface area contributed by atoms with Crippen LogP contribution in [0, 0.1) is 6.92 Å². The van der Waals surface area contributed by atoms with Gasteiger partial charge in [-0.05, 0) is 54.8 Å². The van der Waals surface area contributed by atoms with Gasteiger partial charge in [-0.2, -0.15) is 0 Å². The van der Waals surface area contributed by atoms with Gasteiger partial charge in [0.2, 0.25) is 0 Å². The van der Waals surface area contributed by atoms with Gasteiger partial charge >= 0.3 is 0 Å². The lowest BCUT2D eigenvalue weighted by atomic mass is 9.94. The molecule has 1 atom stereocenters. The Morgan fingerprint density at radius 1 is 1.12 bits per heavy atom. The molecule has 0 aliphatic carbocycles. The van der Waals surface area contributed by atoms with Gasteiger partial charge in [0.25, 0.3) is 17.6 Å². The maximum absolute atomic E-state index is 13.4. The predicted molar refractivity (Wildman–Crippen MR) is 149 cm³/mol. The number of hydrogen-bond donors (Lipinski definition) is 2. The number of ether oxygens (including phenoxy) is 3. The molecule has 1 unspecified atom stereocenters. The normalized spacial score (nSPS) is 19.0. The molecule has 2 fully saturated rings. The number of likely N-dealkylation sites (tertiary alicyclic amines) is 1. The van der Waals surface area contributed by atoms with Crippen molar-refractivity contribution >= 4 is 23.4 Å². The third kappa shape index (κ3) is 6.70. The Kier molecular flexibility index (Phi) is 9.57. The largest absolute Gasteiger partial charge is 0.507 e. The number of morpholine rings is 1. The molecule has 2 aliphatic heterocycles. The summed E-state index contributed by atoms with van der Waals surface area (Å²) in [4.78, 5) is 41.5. The molecule has 4 rings (SSSR count). The summed E-state index contributed by atoms with van der Waals surface area (Å²) in [7, 11) is 0. The molecular formula is C30H35N3O7. The molecular weight excluding hydrogens is 514 g/mol. The van der Waals surface area contributed by atoms with Gasteiger partial charge in [0.05, 0.1) is 24.8 Å². The summed E-state index contributed by atoms with van der Waals surface area (Å²) in [6.45, 7) is 9.62. The van der Waals surface area contributed by atoms with E-state index in [0.717, 1.165) is 25.2 Å². The number of hydrogen-bond acceptors (Lipinski definition) is 8. The number of carbonyl (C=O) groups excluding carboxylic acids is 3. The van der Waals surface area contributed by atoms with Crippen LogP contribution in [-0.2, 0) is 19.1 Å². The number of aliphatic hydroxyl groups is 1. The first kappa shape index (κ1) is 28.8. The SMILES string of the molecule is C=CCOc1ccc(/C(O)=C2\C(=O)C(=O)N(CCCN3CCOCC3)C2c2ccc(OCC(N)=O)cc2)cc1C. The van der Waals surface area contributed by atoms with Crippen molar-refractivity contribution in [2.75, 3.05) is 52.6 Å². The van der Waals surface area contributed by atoms with E-state index in [9.17, 15) is 19.5 Å². The third-order valence-corrected chi connectivity index (χ3v) is 6.90. The quantitative estimate of drug-likeness (QED) is 0.179. The number of primary amides is 1. The molecule has 40 heavy (non-hydrogen) atoms. The Morgan fingerprint density at radius 2 is 1.85 bits per heavy atom. The maximum atomic E-state index is 13.4. The summed E-state index contributed by atoms with van der Waals surface area (Å²) in [6.07, 6.45) is 2.29. The van der Waals surface area contributed by atoms with Crippen LogP contribution in [0.15, 0.2) is 60.7 Å². The van der Waals surface area contributed by atoms with E-state index in [-0.39, 0.29) is 17.9 Å². The highest BCUT2D eigenvalue weighted by Crippen LogP contribution is 2.40. The van der Waals surface area contributed by atoms with E-state index in [0.29, 0.717) is 55.4 Å². The highest BCUT2D eigenvalue weighted by atomic mass is 16.5. The van der Waals surface area contributed by atoms with Crippen molar-refractivity contribution in [3.05, 3.63) is 77.4 Å². The van der Waals surface area contributed by atoms with Crippen LogP contribution in [0.25, 0.3) is 5.76 Å². The van der Waals surface area contributed by atoms with Gasteiger partial charge in [0.15, 0.2) is 6.61 Å². The molecule has 0 radical (unpaired) electrons. The summed E-state index contributed by atoms with van der Waals surface area (Å²) in [5.41, 5.74) is 6.97. The number of aliphatic hydroxyl groups excluding tert-OH is 1. The molecule has 0 aromatic heterocycles. The first-order valence-corrected chi connectivity index (χ1v) is 13.2. The molecule has 2 saturated heterocycles. The maximum Gasteiger partial charge on any atom is 0.295 e. The number of Topliss-reactive ketones (excluding diaryl/α,β-unsaturated/α-hetero) is 1. The minimum atomic E-state index is -0.799. The molecule has 2 amide bonds. The molecule has 10 heteroatoms. The van der Waals surface area contributed by atoms with Gasteiger partial charge in [-0.1, -0.05) is 24.8 Å². The van der Waals surface area contributed by atoms with Crippen molar-refractivity contribution < 1.29 is 33.7 Å². The average molecular weight is 550 g/mol. The number of nitrogens with zero attached hydrogens (tertiary/aromatic N) is 2. The fraction of sp³-hybridized carbons (Fsp3) is 0.367. The number of aryl methyl sites for hydroxylation is 1. The molecule has 2 heterocycles. The molecule has 0 bridgehead atoms. The first-order valence-electron chi connectivity index (χ1n) is 13.2. The van der Waals surface area contributed by atoms with E-state index in [2.05, 4.69) is 11.5 Å². The van der Waals surface area contributed by atoms with Crippen molar-refractivity contribution in [3.8, 4) is 11.5 Å². The smallest absolute Gasteiger partial charge is 0.295 e. The van der Waals surface area contributed by atoms with Crippen LogP contribution in [0.5, 0.6) is 11.5 Å². The monoisotopic (exact) mass is 549 g/mol. The van der Waals surface area contributed by atoms with Crippen molar-refractivity contribution in [2.24, 2.45) is 5.73 Å². The average Bonchev–Trinajstić information content (AvgIpc) is 3.21. The number of ketones is 1. The molecule has 2 aromatic carbocycles. The van der Waals surface area contributed by atoms with Gasteiger partial charge in [0.1, 0.15) is 23.9 Å². The number of rotatable bonds is 12. The van der Waals surface area contributed by atoms with Crippen molar-refractivity contribution in [3.63, 3.8) is 0 Å². The van der Waals surface area contributed by atoms with Crippen molar-refractivity contribution in [1.82, 2.24) is 9.80 Å². The van der Waals surface area contributed by atoms with Gasteiger partial charge in [-0.25, -0.2) is 0 Å². The molecule has 3 N–H and O–H groups in total. The number of nitrogens with two attached hydrogens (primary N) is 1. The van der Waals surface area contributed by atoms with Crippen LogP contribution in [0.2, 0.25) is 0 Å². The van der Waals surface area contributed by atoms with E-state index in [4.69, 9.17) is 19.9 Å². The number of amides is 2. The summed E-state index contributed by atoms with van der Waals surface area (Å²) in [6, 6.07) is 11.0. The van der Waals surface area contributed by atoms with Gasteiger partial charge in [0, 0.05) is 31.7 Å². The van der Waals surface area contributed by atoms with E-state index in [1.165, 1.54) is 4.90 Å². The lowest BCUT2D eigenvalue weighted by molar-refractivity contribution is -0.140. The minimum absolute atomic E-state index is 0.0151. The van der Waals surface area contributed by atoms with Crippen LogP contribution in [-0.4, -0.2) is 85.1 Å². The summed E-state index contributed by atoms with van der Waals surface area (Å²) < 4.78 is 16.4. The van der Waals surface area contributed by atoms with Gasteiger partial charge in [-0.15, -0.1) is 0 Å². The zero-order chi connectivity index (χ0) is 28.6. The predicted octanol–water partition coefficient (Wildman–Crippen LogP) is 2.57. The Balaban J connectivity index is 1.66. The second-order valence-electron chi connectivity index (χ2n) is 9.70. The molecule has 0 spiro atoms. The summed E-state index contributed by atoms with van der Waals surface area (Å²) in [5, 5.41) is 11.4. The van der Waals surface area contributed by atoms with Crippen LogP contribution in [0.3, 0.4) is 0 Å². The molecule has 2 aromatic rings. The topological polar surface area (TPSA) is 132 Å². The Hall–Kier alpha value is -4.15. The van der Waals surface area contributed by atoms with Crippen LogP contribution in [0.1, 0.15) is 29.2 Å². The van der Waals surface area contributed by atoms with E-state index in [1.54, 1.807) is 48.5 Å². The van der Waals surface area contributed by atoms with Crippen LogP contribution in [0.4, 0.5) is 0 Å². The highest BCUT2D eigenvalue weighted by molar-refractivity contribution is 6.46. The second kappa shape index (κ2) is 13.3. The highest BCUT2D eigenvalue weighted by Gasteiger charge is 2.45. The zero-order valence-electron chi connectivity index (χ0n) is 22.6. The fourth-order valence-electron chi connectivity index (χ4n) is 4.91. The lowest BCUT2D eigenvalue weighted by Gasteiger charge is -2.29. The second-order valence-corrected chi connectivity index (χ2v) is 9.70. The minimum Gasteiger partial charge on any atom is -0.507 e. The molecule has 10 nitrogen and oxygen atoms in total. The van der Waals surface area contributed by atoms with Crippen molar-refractivity contribution in [2.45, 2.75) is 19.4 Å². The number of benzene rings is 2. The van der Waals surface area contributed by atoms with Gasteiger partial charge in [-0.3, -0.25) is 19.3 Å². The van der Waals surface area contributed by atoms with Crippen LogP contribution >= 0.6 is 0 Å². The fourth-order valence-corrected chi connectivity index (χ4v) is 4.91. The number of carbonyl (C=O) groups is 3.